The molecule has 1 saturated heterocycles. The van der Waals surface area contributed by atoms with Gasteiger partial charge in [-0.3, -0.25) is 24.6 Å². The van der Waals surface area contributed by atoms with Crippen LogP contribution in [0.1, 0.15) is 13.8 Å². The first-order chi connectivity index (χ1) is 10.6. The largest absolute Gasteiger partial charge is 0.325 e. The van der Waals surface area contributed by atoms with Crippen LogP contribution in [0.15, 0.2) is 18.2 Å². The molecule has 0 atom stereocenters. The maximum absolute atomic E-state index is 13.6. The van der Waals surface area contributed by atoms with Crippen molar-refractivity contribution in [3.8, 4) is 0 Å². The SMILES string of the molecule is CC1(C)NC(=O)N(CC(=O)Nc2cc([N+](=O)[O-])ccc2F)C1=O. The number of anilines is 1. The second-order valence-electron chi connectivity index (χ2n) is 5.42. The molecule has 0 radical (unpaired) electrons. The summed E-state index contributed by atoms with van der Waals surface area (Å²) >= 11 is 0. The fourth-order valence-corrected chi connectivity index (χ4v) is 2.02. The maximum Gasteiger partial charge on any atom is 0.325 e. The number of halogens is 1. The van der Waals surface area contributed by atoms with Crippen molar-refractivity contribution in [2.75, 3.05) is 11.9 Å². The lowest BCUT2D eigenvalue weighted by Crippen LogP contribution is -2.41. The van der Waals surface area contributed by atoms with Crippen LogP contribution in [0.25, 0.3) is 0 Å². The number of nitrogens with zero attached hydrogens (tertiary/aromatic N) is 2. The minimum Gasteiger partial charge on any atom is -0.324 e. The third-order valence-electron chi connectivity index (χ3n) is 3.18. The van der Waals surface area contributed by atoms with E-state index in [4.69, 9.17) is 0 Å². The van der Waals surface area contributed by atoms with E-state index in [1.165, 1.54) is 13.8 Å². The van der Waals surface area contributed by atoms with Crippen molar-refractivity contribution in [1.29, 1.82) is 0 Å². The number of rotatable bonds is 4. The summed E-state index contributed by atoms with van der Waals surface area (Å²) in [7, 11) is 0. The predicted octanol–water partition coefficient (Wildman–Crippen LogP) is 1.00. The van der Waals surface area contributed by atoms with E-state index < -0.39 is 52.0 Å². The summed E-state index contributed by atoms with van der Waals surface area (Å²) in [6.45, 7) is 2.33. The number of hydrogen-bond acceptors (Lipinski definition) is 5. The summed E-state index contributed by atoms with van der Waals surface area (Å²) < 4.78 is 13.6. The number of non-ortho nitro benzene ring substituents is 1. The normalized spacial score (nSPS) is 16.2. The van der Waals surface area contributed by atoms with Crippen molar-refractivity contribution in [2.45, 2.75) is 19.4 Å². The zero-order chi connectivity index (χ0) is 17.4. The molecule has 1 heterocycles. The van der Waals surface area contributed by atoms with Gasteiger partial charge in [-0.05, 0) is 19.9 Å². The van der Waals surface area contributed by atoms with Gasteiger partial charge in [0.25, 0.3) is 11.6 Å². The van der Waals surface area contributed by atoms with Crippen LogP contribution >= 0.6 is 0 Å². The number of carbonyl (C=O) groups is 3. The quantitative estimate of drug-likeness (QED) is 0.486. The van der Waals surface area contributed by atoms with Crippen LogP contribution in [0.5, 0.6) is 0 Å². The summed E-state index contributed by atoms with van der Waals surface area (Å²) in [5, 5.41) is 15.2. The number of carbonyl (C=O) groups excluding carboxylic acids is 3. The summed E-state index contributed by atoms with van der Waals surface area (Å²) in [5.41, 5.74) is -1.94. The molecule has 1 aliphatic heterocycles. The summed E-state index contributed by atoms with van der Waals surface area (Å²) in [6, 6.07) is 1.90. The monoisotopic (exact) mass is 324 g/mol. The average molecular weight is 324 g/mol. The van der Waals surface area contributed by atoms with Gasteiger partial charge in [-0.15, -0.1) is 0 Å². The Morgan fingerprint density at radius 3 is 2.61 bits per heavy atom. The molecule has 122 valence electrons. The Hall–Kier alpha value is -3.04. The van der Waals surface area contributed by atoms with Crippen molar-refractivity contribution >= 4 is 29.2 Å². The highest BCUT2D eigenvalue weighted by Crippen LogP contribution is 2.22. The molecule has 0 aromatic heterocycles. The number of amides is 4. The van der Waals surface area contributed by atoms with Crippen LogP contribution in [-0.4, -0.2) is 39.8 Å². The number of urea groups is 1. The highest BCUT2D eigenvalue weighted by Gasteiger charge is 2.44. The van der Waals surface area contributed by atoms with Gasteiger partial charge in [0, 0.05) is 12.1 Å². The smallest absolute Gasteiger partial charge is 0.324 e. The van der Waals surface area contributed by atoms with Gasteiger partial charge < -0.3 is 10.6 Å². The Bertz CT molecular complexity index is 718. The lowest BCUT2D eigenvalue weighted by atomic mass is 10.1. The molecule has 0 aliphatic carbocycles. The van der Waals surface area contributed by atoms with Gasteiger partial charge in [0.15, 0.2) is 0 Å². The van der Waals surface area contributed by atoms with Crippen LogP contribution in [0, 0.1) is 15.9 Å². The zero-order valence-electron chi connectivity index (χ0n) is 12.3. The van der Waals surface area contributed by atoms with E-state index in [1.807, 2.05) is 0 Å². The number of nitrogens with one attached hydrogen (secondary N) is 2. The Balaban J connectivity index is 2.12. The molecule has 0 spiro atoms. The van der Waals surface area contributed by atoms with E-state index in [0.717, 1.165) is 18.2 Å². The van der Waals surface area contributed by atoms with Crippen molar-refractivity contribution in [3.05, 3.63) is 34.1 Å². The lowest BCUT2D eigenvalue weighted by molar-refractivity contribution is -0.384. The van der Waals surface area contributed by atoms with E-state index in [0.29, 0.717) is 4.90 Å². The molecule has 2 rings (SSSR count). The highest BCUT2D eigenvalue weighted by molar-refractivity contribution is 6.09. The second-order valence-corrected chi connectivity index (χ2v) is 5.42. The van der Waals surface area contributed by atoms with Crippen molar-refractivity contribution in [1.82, 2.24) is 10.2 Å². The minimum absolute atomic E-state index is 0.405. The van der Waals surface area contributed by atoms with Crippen molar-refractivity contribution in [3.63, 3.8) is 0 Å². The number of nitro benzene ring substituents is 1. The maximum atomic E-state index is 13.6. The van der Waals surface area contributed by atoms with Crippen LogP contribution in [0.2, 0.25) is 0 Å². The van der Waals surface area contributed by atoms with Crippen LogP contribution < -0.4 is 10.6 Å². The van der Waals surface area contributed by atoms with Crippen LogP contribution in [-0.2, 0) is 9.59 Å². The van der Waals surface area contributed by atoms with Gasteiger partial charge in [0.05, 0.1) is 10.6 Å². The fourth-order valence-electron chi connectivity index (χ4n) is 2.02. The molecule has 1 aromatic rings. The predicted molar refractivity (Wildman–Crippen MR) is 76.0 cm³/mol. The van der Waals surface area contributed by atoms with E-state index >= 15 is 0 Å². The molecule has 9 nitrogen and oxygen atoms in total. The fraction of sp³-hybridized carbons (Fsp3) is 0.308. The lowest BCUT2D eigenvalue weighted by Gasteiger charge is -2.15. The number of imide groups is 1. The first-order valence-corrected chi connectivity index (χ1v) is 6.50. The molecule has 0 bridgehead atoms. The molecule has 10 heteroatoms. The molecule has 1 aromatic carbocycles. The summed E-state index contributed by atoms with van der Waals surface area (Å²) in [6.07, 6.45) is 0. The molecule has 4 amide bonds. The van der Waals surface area contributed by atoms with Gasteiger partial charge in [0.2, 0.25) is 5.91 Å². The Morgan fingerprint density at radius 1 is 1.43 bits per heavy atom. The first kappa shape index (κ1) is 16.3. The number of nitro groups is 1. The molecule has 1 aliphatic rings. The van der Waals surface area contributed by atoms with E-state index in [2.05, 4.69) is 10.6 Å². The number of hydrogen-bond donors (Lipinski definition) is 2. The van der Waals surface area contributed by atoms with E-state index in [9.17, 15) is 28.9 Å². The van der Waals surface area contributed by atoms with Gasteiger partial charge in [-0.2, -0.15) is 0 Å². The summed E-state index contributed by atoms with van der Waals surface area (Å²) in [5.74, 6) is -2.33. The molecule has 1 fully saturated rings. The third-order valence-corrected chi connectivity index (χ3v) is 3.18. The Morgan fingerprint density at radius 2 is 2.09 bits per heavy atom. The van der Waals surface area contributed by atoms with Crippen LogP contribution in [0.4, 0.5) is 20.6 Å². The Labute approximate surface area is 129 Å². The average Bonchev–Trinajstić information content (AvgIpc) is 2.63. The van der Waals surface area contributed by atoms with Gasteiger partial charge in [-0.1, -0.05) is 0 Å². The second kappa shape index (κ2) is 5.63. The zero-order valence-corrected chi connectivity index (χ0v) is 12.3. The first-order valence-electron chi connectivity index (χ1n) is 6.50. The molecule has 0 saturated carbocycles. The highest BCUT2D eigenvalue weighted by atomic mass is 19.1. The van der Waals surface area contributed by atoms with E-state index in [-0.39, 0.29) is 0 Å². The topological polar surface area (TPSA) is 122 Å². The molecule has 23 heavy (non-hydrogen) atoms. The van der Waals surface area contributed by atoms with Crippen LogP contribution in [0.3, 0.4) is 0 Å². The molecule has 0 unspecified atom stereocenters. The van der Waals surface area contributed by atoms with Gasteiger partial charge >= 0.3 is 6.03 Å². The van der Waals surface area contributed by atoms with E-state index in [1.54, 1.807) is 0 Å². The number of benzene rings is 1. The molecular weight excluding hydrogens is 311 g/mol. The van der Waals surface area contributed by atoms with Gasteiger partial charge in [-0.25, -0.2) is 9.18 Å². The third kappa shape index (κ3) is 3.25. The molecular formula is C13H13FN4O5. The van der Waals surface area contributed by atoms with Crippen molar-refractivity contribution in [2.24, 2.45) is 0 Å². The minimum atomic E-state index is -1.13. The Kier molecular flexibility index (Phi) is 4.00. The van der Waals surface area contributed by atoms with Crippen molar-refractivity contribution < 1.29 is 23.7 Å². The van der Waals surface area contributed by atoms with Gasteiger partial charge in [0.1, 0.15) is 17.9 Å². The summed E-state index contributed by atoms with van der Waals surface area (Å²) in [4.78, 5) is 46.1. The molecule has 2 N–H and O–H groups in total. The standard InChI is InChI=1S/C13H13FN4O5/c1-13(2)11(20)17(12(21)16-13)6-10(19)15-9-5-7(18(22)23)3-4-8(9)14/h3-5H,6H2,1-2H3,(H,15,19)(H,16,21).